The summed E-state index contributed by atoms with van der Waals surface area (Å²) >= 11 is 0. The molecule has 0 bridgehead atoms. The maximum atomic E-state index is 10.6. The predicted molar refractivity (Wildman–Crippen MR) is 66.3 cm³/mol. The number of para-hydroxylation sites is 1. The van der Waals surface area contributed by atoms with Crippen LogP contribution in [0.5, 0.6) is 5.75 Å². The zero-order valence-corrected chi connectivity index (χ0v) is 10.3. The van der Waals surface area contributed by atoms with Crippen LogP contribution in [0.1, 0.15) is 24.8 Å². The lowest BCUT2D eigenvalue weighted by atomic mass is 9.87. The number of hydrogen-bond acceptors (Lipinski definition) is 3. The molecule has 94 valence electrons. The van der Waals surface area contributed by atoms with E-state index in [1.54, 1.807) is 7.11 Å². The van der Waals surface area contributed by atoms with E-state index in [0.717, 1.165) is 30.8 Å². The lowest BCUT2D eigenvalue weighted by molar-refractivity contribution is 0.0184. The van der Waals surface area contributed by atoms with Crippen LogP contribution in [0.15, 0.2) is 24.3 Å². The summed E-state index contributed by atoms with van der Waals surface area (Å²) in [5, 5.41) is 10.6. The third kappa shape index (κ3) is 3.20. The number of benzene rings is 1. The second-order valence-electron chi connectivity index (χ2n) is 4.68. The van der Waals surface area contributed by atoms with E-state index >= 15 is 0 Å². The van der Waals surface area contributed by atoms with Gasteiger partial charge in [0, 0.05) is 19.6 Å². The fourth-order valence-corrected chi connectivity index (χ4v) is 2.37. The maximum Gasteiger partial charge on any atom is 0.122 e. The summed E-state index contributed by atoms with van der Waals surface area (Å²) in [5.41, 5.74) is 0.421. The van der Waals surface area contributed by atoms with Gasteiger partial charge in [-0.2, -0.15) is 0 Å². The van der Waals surface area contributed by atoms with Crippen molar-refractivity contribution in [2.24, 2.45) is 0 Å². The molecule has 1 aliphatic heterocycles. The molecule has 2 rings (SSSR count). The molecule has 1 N–H and O–H groups in total. The van der Waals surface area contributed by atoms with Gasteiger partial charge >= 0.3 is 0 Å². The number of rotatable bonds is 3. The highest BCUT2D eigenvalue weighted by molar-refractivity contribution is 5.34. The van der Waals surface area contributed by atoms with E-state index in [2.05, 4.69) is 0 Å². The van der Waals surface area contributed by atoms with Crippen LogP contribution in [0.4, 0.5) is 0 Å². The molecule has 1 unspecified atom stereocenters. The fourth-order valence-electron chi connectivity index (χ4n) is 2.37. The van der Waals surface area contributed by atoms with Crippen LogP contribution in [0.25, 0.3) is 0 Å². The number of aliphatic hydroxyl groups is 1. The topological polar surface area (TPSA) is 38.7 Å². The minimum absolute atomic E-state index is 0.639. The molecular weight excluding hydrogens is 216 g/mol. The first-order chi connectivity index (χ1) is 8.23. The van der Waals surface area contributed by atoms with Crippen LogP contribution in [0.3, 0.4) is 0 Å². The highest BCUT2D eigenvalue weighted by Gasteiger charge is 2.29. The summed E-state index contributed by atoms with van der Waals surface area (Å²) in [5.74, 6) is 0.853. The molecule has 1 aromatic carbocycles. The molecule has 1 aliphatic rings. The van der Waals surface area contributed by atoms with Crippen LogP contribution in [0, 0.1) is 0 Å². The Morgan fingerprint density at radius 2 is 2.12 bits per heavy atom. The Bertz CT molecular complexity index is 354. The summed E-state index contributed by atoms with van der Waals surface area (Å²) in [6, 6.07) is 7.88. The smallest absolute Gasteiger partial charge is 0.122 e. The largest absolute Gasteiger partial charge is 0.496 e. The molecule has 3 nitrogen and oxygen atoms in total. The molecule has 0 amide bonds. The molecule has 0 aromatic heterocycles. The molecule has 3 heteroatoms. The quantitative estimate of drug-likeness (QED) is 0.874. The van der Waals surface area contributed by atoms with Crippen LogP contribution < -0.4 is 4.74 Å². The van der Waals surface area contributed by atoms with E-state index in [1.165, 1.54) is 0 Å². The Morgan fingerprint density at radius 3 is 2.94 bits per heavy atom. The van der Waals surface area contributed by atoms with Gasteiger partial charge in [0.2, 0.25) is 0 Å². The first-order valence-corrected chi connectivity index (χ1v) is 6.15. The molecule has 0 radical (unpaired) electrons. The van der Waals surface area contributed by atoms with Gasteiger partial charge in [0.1, 0.15) is 5.75 Å². The van der Waals surface area contributed by atoms with Crippen molar-refractivity contribution in [3.63, 3.8) is 0 Å². The van der Waals surface area contributed by atoms with Gasteiger partial charge in [0.05, 0.1) is 12.7 Å². The molecule has 0 aliphatic carbocycles. The summed E-state index contributed by atoms with van der Waals surface area (Å²) in [4.78, 5) is 0. The van der Waals surface area contributed by atoms with Gasteiger partial charge in [0.15, 0.2) is 0 Å². The second kappa shape index (κ2) is 5.52. The van der Waals surface area contributed by atoms with Gasteiger partial charge in [-0.3, -0.25) is 0 Å². The normalized spacial score (nSPS) is 25.3. The third-order valence-electron chi connectivity index (χ3n) is 3.35. The van der Waals surface area contributed by atoms with E-state index < -0.39 is 5.60 Å². The van der Waals surface area contributed by atoms with Crippen LogP contribution in [-0.2, 0) is 11.2 Å². The minimum Gasteiger partial charge on any atom is -0.496 e. The number of hydrogen-bond donors (Lipinski definition) is 1. The molecule has 1 saturated heterocycles. The summed E-state index contributed by atoms with van der Waals surface area (Å²) in [6.45, 7) is 1.40. The fraction of sp³-hybridized carbons (Fsp3) is 0.571. The van der Waals surface area contributed by atoms with Crippen molar-refractivity contribution >= 4 is 0 Å². The minimum atomic E-state index is -0.648. The summed E-state index contributed by atoms with van der Waals surface area (Å²) < 4.78 is 10.7. The highest BCUT2D eigenvalue weighted by atomic mass is 16.5. The zero-order valence-electron chi connectivity index (χ0n) is 10.3. The predicted octanol–water partition coefficient (Wildman–Crippen LogP) is 2.17. The van der Waals surface area contributed by atoms with Crippen LogP contribution in [-0.4, -0.2) is 31.0 Å². The Kier molecular flexibility index (Phi) is 4.02. The Morgan fingerprint density at radius 1 is 1.29 bits per heavy atom. The van der Waals surface area contributed by atoms with E-state index in [4.69, 9.17) is 9.47 Å². The van der Waals surface area contributed by atoms with E-state index in [9.17, 15) is 5.11 Å². The van der Waals surface area contributed by atoms with Crippen LogP contribution in [0.2, 0.25) is 0 Å². The average molecular weight is 236 g/mol. The second-order valence-corrected chi connectivity index (χ2v) is 4.68. The van der Waals surface area contributed by atoms with Crippen molar-refractivity contribution < 1.29 is 14.6 Å². The van der Waals surface area contributed by atoms with Gasteiger partial charge in [-0.1, -0.05) is 18.2 Å². The van der Waals surface area contributed by atoms with Gasteiger partial charge in [-0.15, -0.1) is 0 Å². The monoisotopic (exact) mass is 236 g/mol. The molecule has 0 spiro atoms. The first-order valence-electron chi connectivity index (χ1n) is 6.15. The Labute approximate surface area is 102 Å². The molecule has 1 atom stereocenters. The zero-order chi connectivity index (χ0) is 12.1. The van der Waals surface area contributed by atoms with Crippen molar-refractivity contribution in [3.05, 3.63) is 29.8 Å². The average Bonchev–Trinajstić information content (AvgIpc) is 2.55. The highest BCUT2D eigenvalue weighted by Crippen LogP contribution is 2.29. The van der Waals surface area contributed by atoms with E-state index in [0.29, 0.717) is 19.4 Å². The summed E-state index contributed by atoms with van der Waals surface area (Å²) in [7, 11) is 1.67. The lowest BCUT2D eigenvalue weighted by Crippen LogP contribution is -2.31. The number of ether oxygens (including phenoxy) is 2. The van der Waals surface area contributed by atoms with Gasteiger partial charge in [-0.25, -0.2) is 0 Å². The van der Waals surface area contributed by atoms with Gasteiger partial charge in [0.25, 0.3) is 0 Å². The maximum absolute atomic E-state index is 10.6. The van der Waals surface area contributed by atoms with Crippen molar-refractivity contribution in [3.8, 4) is 5.75 Å². The lowest BCUT2D eigenvalue weighted by Gasteiger charge is -2.26. The molecule has 17 heavy (non-hydrogen) atoms. The first kappa shape index (κ1) is 12.4. The van der Waals surface area contributed by atoms with Crippen molar-refractivity contribution in [2.75, 3.05) is 20.3 Å². The van der Waals surface area contributed by atoms with E-state index in [-0.39, 0.29) is 0 Å². The molecular formula is C14H20O3. The van der Waals surface area contributed by atoms with Crippen molar-refractivity contribution in [2.45, 2.75) is 31.3 Å². The SMILES string of the molecule is COc1ccccc1CC1(O)CCCOCC1. The standard InChI is InChI=1S/C14H20O3/c1-16-13-6-3-2-5-12(13)11-14(15)7-4-9-17-10-8-14/h2-3,5-6,15H,4,7-11H2,1H3. The van der Waals surface area contributed by atoms with Gasteiger partial charge in [-0.05, 0) is 30.9 Å². The van der Waals surface area contributed by atoms with Crippen molar-refractivity contribution in [1.82, 2.24) is 0 Å². The molecule has 0 saturated carbocycles. The summed E-state index contributed by atoms with van der Waals surface area (Å²) in [6.07, 6.45) is 3.06. The Balaban J connectivity index is 2.12. The molecule has 1 heterocycles. The molecule has 1 fully saturated rings. The van der Waals surface area contributed by atoms with E-state index in [1.807, 2.05) is 24.3 Å². The van der Waals surface area contributed by atoms with Crippen molar-refractivity contribution in [1.29, 1.82) is 0 Å². The van der Waals surface area contributed by atoms with Crippen LogP contribution >= 0.6 is 0 Å². The third-order valence-corrected chi connectivity index (χ3v) is 3.35. The molecule has 1 aromatic rings. The van der Waals surface area contributed by atoms with Gasteiger partial charge < -0.3 is 14.6 Å². The Hall–Kier alpha value is -1.06. The number of methoxy groups -OCH3 is 1.